The molecule has 0 unspecified atom stereocenters. The summed E-state index contributed by atoms with van der Waals surface area (Å²) >= 11 is 0. The number of amides is 2. The van der Waals surface area contributed by atoms with Gasteiger partial charge in [0.25, 0.3) is 0 Å². The van der Waals surface area contributed by atoms with E-state index in [0.29, 0.717) is 16.8 Å². The summed E-state index contributed by atoms with van der Waals surface area (Å²) in [5.74, 6) is -0.526. The van der Waals surface area contributed by atoms with Crippen LogP contribution in [0.15, 0.2) is 27.4 Å². The minimum absolute atomic E-state index is 0.237. The van der Waals surface area contributed by atoms with Gasteiger partial charge in [-0.05, 0) is 25.0 Å². The van der Waals surface area contributed by atoms with Crippen molar-refractivity contribution in [3.05, 3.63) is 28.7 Å². The van der Waals surface area contributed by atoms with Gasteiger partial charge in [-0.1, -0.05) is 25.3 Å². The van der Waals surface area contributed by atoms with Crippen LogP contribution in [0.2, 0.25) is 0 Å². The summed E-state index contributed by atoms with van der Waals surface area (Å²) in [6.07, 6.45) is 5.61. The Kier molecular flexibility index (Phi) is 3.45. The Labute approximate surface area is 115 Å². The predicted octanol–water partition coefficient (Wildman–Crippen LogP) is 2.58. The van der Waals surface area contributed by atoms with E-state index in [1.807, 2.05) is 0 Å². The van der Waals surface area contributed by atoms with E-state index in [4.69, 9.17) is 4.42 Å². The first-order valence-electron chi connectivity index (χ1n) is 6.92. The maximum absolute atomic E-state index is 12.0. The Balaban J connectivity index is 1.72. The van der Waals surface area contributed by atoms with Crippen LogP contribution in [0.4, 0.5) is 10.5 Å². The average molecular weight is 275 g/mol. The van der Waals surface area contributed by atoms with E-state index >= 15 is 0 Å². The van der Waals surface area contributed by atoms with Crippen molar-refractivity contribution in [2.24, 2.45) is 0 Å². The van der Waals surface area contributed by atoms with Crippen molar-refractivity contribution < 1.29 is 9.21 Å². The number of oxazole rings is 1. The molecule has 3 N–H and O–H groups in total. The number of nitrogens with one attached hydrogen (secondary N) is 3. The van der Waals surface area contributed by atoms with E-state index in [1.165, 1.54) is 6.42 Å². The summed E-state index contributed by atoms with van der Waals surface area (Å²) in [7, 11) is 0. The first-order chi connectivity index (χ1) is 9.72. The third-order valence-corrected chi connectivity index (χ3v) is 3.64. The van der Waals surface area contributed by atoms with Crippen molar-refractivity contribution in [2.45, 2.75) is 38.1 Å². The number of hydrogen-bond donors (Lipinski definition) is 3. The molecule has 1 aliphatic rings. The molecule has 1 aromatic heterocycles. The van der Waals surface area contributed by atoms with Gasteiger partial charge >= 0.3 is 11.8 Å². The minimum atomic E-state index is -0.526. The van der Waals surface area contributed by atoms with Gasteiger partial charge in [-0.3, -0.25) is 4.98 Å². The molecule has 1 aliphatic carbocycles. The predicted molar refractivity (Wildman–Crippen MR) is 75.9 cm³/mol. The van der Waals surface area contributed by atoms with E-state index in [2.05, 4.69) is 15.6 Å². The Morgan fingerprint density at radius 3 is 2.85 bits per heavy atom. The lowest BCUT2D eigenvalue weighted by Crippen LogP contribution is -2.39. The second-order valence-electron chi connectivity index (χ2n) is 5.13. The van der Waals surface area contributed by atoms with E-state index in [9.17, 15) is 9.59 Å². The van der Waals surface area contributed by atoms with Crippen LogP contribution in [0.3, 0.4) is 0 Å². The molecule has 1 fully saturated rings. The lowest BCUT2D eigenvalue weighted by Gasteiger charge is -2.22. The van der Waals surface area contributed by atoms with Crippen LogP contribution in [0, 0.1) is 0 Å². The molecule has 6 nitrogen and oxygen atoms in total. The van der Waals surface area contributed by atoms with Crippen LogP contribution in [0.5, 0.6) is 0 Å². The van der Waals surface area contributed by atoms with Gasteiger partial charge in [0.05, 0.1) is 11.2 Å². The molecule has 0 radical (unpaired) electrons. The van der Waals surface area contributed by atoms with E-state index < -0.39 is 5.76 Å². The molecule has 2 amide bonds. The number of urea groups is 1. The Hall–Kier alpha value is -2.24. The number of anilines is 1. The van der Waals surface area contributed by atoms with Gasteiger partial charge in [0.15, 0.2) is 5.58 Å². The number of aromatic amines is 1. The van der Waals surface area contributed by atoms with Crippen molar-refractivity contribution in [1.82, 2.24) is 10.3 Å². The minimum Gasteiger partial charge on any atom is -0.406 e. The largest absolute Gasteiger partial charge is 0.417 e. The summed E-state index contributed by atoms with van der Waals surface area (Å²) in [6.45, 7) is 0. The topological polar surface area (TPSA) is 87.1 Å². The van der Waals surface area contributed by atoms with Gasteiger partial charge in [0, 0.05) is 6.04 Å². The van der Waals surface area contributed by atoms with Gasteiger partial charge in [0.2, 0.25) is 0 Å². The highest BCUT2D eigenvalue weighted by atomic mass is 16.4. The first kappa shape index (κ1) is 12.8. The summed E-state index contributed by atoms with van der Waals surface area (Å²) in [5.41, 5.74) is 1.44. The van der Waals surface area contributed by atoms with Crippen LogP contribution in [0.1, 0.15) is 32.1 Å². The number of carbonyl (C=O) groups excluding carboxylic acids is 1. The molecule has 0 bridgehead atoms. The summed E-state index contributed by atoms with van der Waals surface area (Å²) < 4.78 is 5.04. The van der Waals surface area contributed by atoms with Crippen LogP contribution >= 0.6 is 0 Å². The Morgan fingerprint density at radius 1 is 1.25 bits per heavy atom. The number of aromatic nitrogens is 1. The lowest BCUT2D eigenvalue weighted by atomic mass is 9.96. The van der Waals surface area contributed by atoms with Crippen molar-refractivity contribution in [3.8, 4) is 0 Å². The van der Waals surface area contributed by atoms with Crippen LogP contribution < -0.4 is 16.4 Å². The maximum Gasteiger partial charge on any atom is 0.417 e. The normalized spacial score (nSPS) is 16.2. The third kappa shape index (κ3) is 2.68. The zero-order valence-corrected chi connectivity index (χ0v) is 11.1. The number of H-pyrrole nitrogens is 1. The van der Waals surface area contributed by atoms with Crippen molar-refractivity contribution in [1.29, 1.82) is 0 Å². The molecule has 20 heavy (non-hydrogen) atoms. The fraction of sp³-hybridized carbons (Fsp3) is 0.429. The van der Waals surface area contributed by atoms with Gasteiger partial charge in [-0.15, -0.1) is 0 Å². The van der Waals surface area contributed by atoms with E-state index in [1.54, 1.807) is 18.2 Å². The zero-order chi connectivity index (χ0) is 13.9. The highest BCUT2D eigenvalue weighted by molar-refractivity contribution is 5.97. The van der Waals surface area contributed by atoms with Gasteiger partial charge in [-0.2, -0.15) is 0 Å². The number of para-hydroxylation sites is 1. The molecule has 0 atom stereocenters. The molecular weight excluding hydrogens is 258 g/mol. The smallest absolute Gasteiger partial charge is 0.406 e. The Morgan fingerprint density at radius 2 is 2.05 bits per heavy atom. The molecule has 1 saturated carbocycles. The molecular formula is C14H17N3O3. The molecule has 0 aliphatic heterocycles. The number of carbonyl (C=O) groups is 1. The highest BCUT2D eigenvalue weighted by Crippen LogP contribution is 2.21. The SMILES string of the molecule is O=C(Nc1cccc2[nH]c(=O)oc12)NC1CCCCC1. The summed E-state index contributed by atoms with van der Waals surface area (Å²) in [5, 5.41) is 5.70. The van der Waals surface area contributed by atoms with Crippen LogP contribution in [-0.4, -0.2) is 17.1 Å². The second-order valence-corrected chi connectivity index (χ2v) is 5.13. The van der Waals surface area contributed by atoms with Crippen LogP contribution in [-0.2, 0) is 0 Å². The fourth-order valence-electron chi connectivity index (χ4n) is 2.66. The van der Waals surface area contributed by atoms with Gasteiger partial charge in [-0.25, -0.2) is 9.59 Å². The molecule has 3 rings (SSSR count). The van der Waals surface area contributed by atoms with Gasteiger partial charge in [0.1, 0.15) is 0 Å². The van der Waals surface area contributed by atoms with Crippen LogP contribution in [0.25, 0.3) is 11.1 Å². The molecule has 2 aromatic rings. The number of benzene rings is 1. The fourth-order valence-corrected chi connectivity index (χ4v) is 2.66. The third-order valence-electron chi connectivity index (χ3n) is 3.64. The second kappa shape index (κ2) is 5.40. The number of fused-ring (bicyclic) bond motifs is 1. The first-order valence-corrected chi connectivity index (χ1v) is 6.92. The molecule has 0 saturated heterocycles. The van der Waals surface area contributed by atoms with E-state index in [0.717, 1.165) is 25.7 Å². The molecule has 106 valence electrons. The molecule has 1 aromatic carbocycles. The quantitative estimate of drug-likeness (QED) is 0.787. The molecule has 0 spiro atoms. The van der Waals surface area contributed by atoms with Crippen molar-refractivity contribution in [2.75, 3.05) is 5.32 Å². The monoisotopic (exact) mass is 275 g/mol. The summed E-state index contributed by atoms with van der Waals surface area (Å²) in [4.78, 5) is 25.7. The van der Waals surface area contributed by atoms with E-state index in [-0.39, 0.29) is 12.1 Å². The van der Waals surface area contributed by atoms with Gasteiger partial charge < -0.3 is 15.1 Å². The average Bonchev–Trinajstić information content (AvgIpc) is 2.81. The lowest BCUT2D eigenvalue weighted by molar-refractivity contribution is 0.244. The highest BCUT2D eigenvalue weighted by Gasteiger charge is 2.16. The maximum atomic E-state index is 12.0. The molecule has 6 heteroatoms. The van der Waals surface area contributed by atoms with Crippen molar-refractivity contribution in [3.63, 3.8) is 0 Å². The zero-order valence-electron chi connectivity index (χ0n) is 11.1. The summed E-state index contributed by atoms with van der Waals surface area (Å²) in [6, 6.07) is 5.17. The Bertz CT molecular complexity index is 668. The standard InChI is InChI=1S/C14H17N3O3/c18-13(15-9-5-2-1-3-6-9)16-10-7-4-8-11-12(10)20-14(19)17-11/h4,7-9H,1-3,5-6H2,(H,17,19)(H2,15,16,18). The molecule has 1 heterocycles. The van der Waals surface area contributed by atoms with Crippen molar-refractivity contribution >= 4 is 22.8 Å². The number of hydrogen-bond acceptors (Lipinski definition) is 3. The number of rotatable bonds is 2.